The SMILES string of the molecule is CCCCCCC(C=CCC=O)OC. The Morgan fingerprint density at radius 2 is 2.07 bits per heavy atom. The molecule has 0 aromatic carbocycles. The lowest BCUT2D eigenvalue weighted by molar-refractivity contribution is -0.107. The molecule has 14 heavy (non-hydrogen) atoms. The van der Waals surface area contributed by atoms with Crippen LogP contribution in [-0.4, -0.2) is 19.5 Å². The number of unbranched alkanes of at least 4 members (excludes halogenated alkanes) is 3. The van der Waals surface area contributed by atoms with Gasteiger partial charge in [0, 0.05) is 13.5 Å². The minimum absolute atomic E-state index is 0.187. The zero-order chi connectivity index (χ0) is 10.6. The summed E-state index contributed by atoms with van der Waals surface area (Å²) >= 11 is 0. The maximum atomic E-state index is 10.1. The molecule has 0 aliphatic heterocycles. The number of carbonyl (C=O) groups is 1. The number of rotatable bonds is 9. The van der Waals surface area contributed by atoms with Crippen molar-refractivity contribution in [3.63, 3.8) is 0 Å². The van der Waals surface area contributed by atoms with Crippen LogP contribution in [0.5, 0.6) is 0 Å². The van der Waals surface area contributed by atoms with E-state index in [0.717, 1.165) is 12.7 Å². The molecule has 0 aliphatic carbocycles. The standard InChI is InChI=1S/C12H22O2/c1-3-4-5-6-9-12(14-2)10-7-8-11-13/h7,10-12H,3-6,8-9H2,1-2H3. The second-order valence-electron chi connectivity index (χ2n) is 3.45. The summed E-state index contributed by atoms with van der Waals surface area (Å²) in [6.45, 7) is 2.21. The highest BCUT2D eigenvalue weighted by Gasteiger charge is 2.01. The number of hydrogen-bond donors (Lipinski definition) is 0. The molecular weight excluding hydrogens is 176 g/mol. The molecule has 2 heteroatoms. The molecular formula is C12H22O2. The van der Waals surface area contributed by atoms with Crippen LogP contribution >= 0.6 is 0 Å². The maximum absolute atomic E-state index is 10.1. The number of aldehydes is 1. The van der Waals surface area contributed by atoms with Crippen LogP contribution in [0.3, 0.4) is 0 Å². The molecule has 0 saturated heterocycles. The molecule has 0 radical (unpaired) electrons. The molecule has 2 nitrogen and oxygen atoms in total. The summed E-state index contributed by atoms with van der Waals surface area (Å²) in [6.07, 6.45) is 11.6. The Kier molecular flexibility index (Phi) is 9.98. The van der Waals surface area contributed by atoms with Crippen LogP contribution in [0, 0.1) is 0 Å². The highest BCUT2D eigenvalue weighted by atomic mass is 16.5. The van der Waals surface area contributed by atoms with Gasteiger partial charge in [-0.15, -0.1) is 0 Å². The van der Waals surface area contributed by atoms with Gasteiger partial charge in [-0.25, -0.2) is 0 Å². The number of ether oxygens (including phenoxy) is 1. The van der Waals surface area contributed by atoms with E-state index in [0.29, 0.717) is 6.42 Å². The first-order valence-electron chi connectivity index (χ1n) is 5.48. The first kappa shape index (κ1) is 13.4. The Balaban J connectivity index is 3.51. The zero-order valence-corrected chi connectivity index (χ0v) is 9.37. The summed E-state index contributed by atoms with van der Waals surface area (Å²) in [7, 11) is 1.72. The molecule has 0 heterocycles. The van der Waals surface area contributed by atoms with E-state index in [1.165, 1.54) is 25.7 Å². The van der Waals surface area contributed by atoms with E-state index >= 15 is 0 Å². The van der Waals surface area contributed by atoms with Gasteiger partial charge in [-0.3, -0.25) is 0 Å². The van der Waals surface area contributed by atoms with Crippen molar-refractivity contribution < 1.29 is 9.53 Å². The number of allylic oxidation sites excluding steroid dienone is 1. The lowest BCUT2D eigenvalue weighted by Crippen LogP contribution is -2.06. The Hall–Kier alpha value is -0.630. The Labute approximate surface area is 87.3 Å². The molecule has 0 spiro atoms. The highest BCUT2D eigenvalue weighted by molar-refractivity contribution is 5.51. The molecule has 1 unspecified atom stereocenters. The summed E-state index contributed by atoms with van der Waals surface area (Å²) in [5, 5.41) is 0. The summed E-state index contributed by atoms with van der Waals surface area (Å²) in [5.41, 5.74) is 0. The number of carbonyl (C=O) groups excluding carboxylic acids is 1. The van der Waals surface area contributed by atoms with Crippen molar-refractivity contribution in [2.45, 2.75) is 51.6 Å². The van der Waals surface area contributed by atoms with E-state index in [-0.39, 0.29) is 6.10 Å². The average Bonchev–Trinajstić information content (AvgIpc) is 2.22. The molecule has 82 valence electrons. The van der Waals surface area contributed by atoms with Crippen molar-refractivity contribution >= 4 is 6.29 Å². The number of methoxy groups -OCH3 is 1. The van der Waals surface area contributed by atoms with Gasteiger partial charge in [-0.2, -0.15) is 0 Å². The van der Waals surface area contributed by atoms with Crippen LogP contribution in [0.2, 0.25) is 0 Å². The Bertz CT molecular complexity index is 152. The van der Waals surface area contributed by atoms with Crippen molar-refractivity contribution in [3.05, 3.63) is 12.2 Å². The molecule has 0 bridgehead atoms. The maximum Gasteiger partial charge on any atom is 0.123 e. The predicted octanol–water partition coefficient (Wildman–Crippen LogP) is 3.12. The van der Waals surface area contributed by atoms with Crippen molar-refractivity contribution in [3.8, 4) is 0 Å². The van der Waals surface area contributed by atoms with E-state index in [1.807, 2.05) is 12.2 Å². The van der Waals surface area contributed by atoms with Gasteiger partial charge in [-0.05, 0) is 6.42 Å². The first-order chi connectivity index (χ1) is 6.85. The smallest absolute Gasteiger partial charge is 0.123 e. The molecule has 0 aliphatic rings. The van der Waals surface area contributed by atoms with Gasteiger partial charge in [0.15, 0.2) is 0 Å². The summed E-state index contributed by atoms with van der Waals surface area (Å²) in [5.74, 6) is 0. The molecule has 0 N–H and O–H groups in total. The quantitative estimate of drug-likeness (QED) is 0.323. The van der Waals surface area contributed by atoms with E-state index in [2.05, 4.69) is 6.92 Å². The van der Waals surface area contributed by atoms with Crippen LogP contribution < -0.4 is 0 Å². The second-order valence-corrected chi connectivity index (χ2v) is 3.45. The topological polar surface area (TPSA) is 26.3 Å². The number of hydrogen-bond acceptors (Lipinski definition) is 2. The van der Waals surface area contributed by atoms with Crippen molar-refractivity contribution in [1.82, 2.24) is 0 Å². The highest BCUT2D eigenvalue weighted by Crippen LogP contribution is 2.08. The Morgan fingerprint density at radius 1 is 1.29 bits per heavy atom. The monoisotopic (exact) mass is 198 g/mol. The molecule has 0 amide bonds. The van der Waals surface area contributed by atoms with Gasteiger partial charge in [0.25, 0.3) is 0 Å². The van der Waals surface area contributed by atoms with Crippen molar-refractivity contribution in [2.24, 2.45) is 0 Å². The predicted molar refractivity (Wildman–Crippen MR) is 59.4 cm³/mol. The van der Waals surface area contributed by atoms with Gasteiger partial charge in [0.1, 0.15) is 6.29 Å². The normalized spacial score (nSPS) is 13.3. The van der Waals surface area contributed by atoms with Crippen LogP contribution in [0.4, 0.5) is 0 Å². The lowest BCUT2D eigenvalue weighted by Gasteiger charge is -2.09. The molecule has 0 saturated carbocycles. The molecule has 0 aromatic heterocycles. The van der Waals surface area contributed by atoms with Crippen LogP contribution in [0.25, 0.3) is 0 Å². The minimum atomic E-state index is 0.187. The molecule has 0 aromatic rings. The van der Waals surface area contributed by atoms with E-state index < -0.39 is 0 Å². The molecule has 1 atom stereocenters. The van der Waals surface area contributed by atoms with Gasteiger partial charge < -0.3 is 9.53 Å². The summed E-state index contributed by atoms with van der Waals surface area (Å²) < 4.78 is 5.27. The molecule has 0 rings (SSSR count). The van der Waals surface area contributed by atoms with Crippen LogP contribution in [-0.2, 0) is 9.53 Å². The van der Waals surface area contributed by atoms with E-state index in [1.54, 1.807) is 7.11 Å². The molecule has 0 fully saturated rings. The lowest BCUT2D eigenvalue weighted by atomic mass is 10.1. The van der Waals surface area contributed by atoms with Crippen LogP contribution in [0.1, 0.15) is 45.4 Å². The first-order valence-corrected chi connectivity index (χ1v) is 5.48. The fourth-order valence-corrected chi connectivity index (χ4v) is 1.35. The van der Waals surface area contributed by atoms with Crippen molar-refractivity contribution in [2.75, 3.05) is 7.11 Å². The van der Waals surface area contributed by atoms with Gasteiger partial charge in [0.05, 0.1) is 6.10 Å². The minimum Gasteiger partial charge on any atom is -0.377 e. The summed E-state index contributed by atoms with van der Waals surface area (Å²) in [4.78, 5) is 10.1. The van der Waals surface area contributed by atoms with Gasteiger partial charge in [0.2, 0.25) is 0 Å². The largest absolute Gasteiger partial charge is 0.377 e. The second kappa shape index (κ2) is 10.5. The average molecular weight is 198 g/mol. The van der Waals surface area contributed by atoms with E-state index in [4.69, 9.17) is 4.74 Å². The zero-order valence-electron chi connectivity index (χ0n) is 9.37. The van der Waals surface area contributed by atoms with E-state index in [9.17, 15) is 4.79 Å². The fraction of sp³-hybridized carbons (Fsp3) is 0.750. The summed E-state index contributed by atoms with van der Waals surface area (Å²) in [6, 6.07) is 0. The van der Waals surface area contributed by atoms with Gasteiger partial charge in [-0.1, -0.05) is 44.8 Å². The third-order valence-corrected chi connectivity index (χ3v) is 2.23. The Morgan fingerprint density at radius 3 is 2.64 bits per heavy atom. The third-order valence-electron chi connectivity index (χ3n) is 2.23. The van der Waals surface area contributed by atoms with Gasteiger partial charge >= 0.3 is 0 Å². The third kappa shape index (κ3) is 7.99. The fourth-order valence-electron chi connectivity index (χ4n) is 1.35. The van der Waals surface area contributed by atoms with Crippen LogP contribution in [0.15, 0.2) is 12.2 Å². The van der Waals surface area contributed by atoms with Crippen molar-refractivity contribution in [1.29, 1.82) is 0 Å².